The average Bonchev–Trinajstić information content (AvgIpc) is 3.16. The maximum atomic E-state index is 12.7. The predicted octanol–water partition coefficient (Wildman–Crippen LogP) is 3.83. The summed E-state index contributed by atoms with van der Waals surface area (Å²) in [6.07, 6.45) is -1.20. The van der Waals surface area contributed by atoms with Gasteiger partial charge in [0.1, 0.15) is 0 Å². The molecule has 1 unspecified atom stereocenters. The molecular weight excluding hydrogens is 361 g/mol. The zero-order chi connectivity index (χ0) is 19.4. The van der Waals surface area contributed by atoms with Crippen LogP contribution in [0.4, 0.5) is 18.0 Å². The highest BCUT2D eigenvalue weighted by Gasteiger charge is 2.31. The first-order chi connectivity index (χ1) is 12.9. The molecule has 1 fully saturated rings. The first kappa shape index (κ1) is 18.9. The van der Waals surface area contributed by atoms with Crippen LogP contribution in [-0.4, -0.2) is 40.8 Å². The maximum absolute atomic E-state index is 12.7. The van der Waals surface area contributed by atoms with Crippen molar-refractivity contribution in [1.29, 1.82) is 0 Å². The second-order valence-electron chi connectivity index (χ2n) is 6.28. The van der Waals surface area contributed by atoms with Gasteiger partial charge in [0.05, 0.1) is 11.5 Å². The maximum Gasteiger partial charge on any atom is 0.416 e. The van der Waals surface area contributed by atoms with Crippen molar-refractivity contribution >= 4 is 6.03 Å². The summed E-state index contributed by atoms with van der Waals surface area (Å²) in [4.78, 5) is 13.8. The molecule has 0 saturated carbocycles. The van der Waals surface area contributed by atoms with Crippen molar-refractivity contribution in [1.82, 2.24) is 20.4 Å². The quantitative estimate of drug-likeness (QED) is 0.819. The van der Waals surface area contributed by atoms with E-state index in [1.165, 1.54) is 12.1 Å². The minimum atomic E-state index is -4.39. The Morgan fingerprint density at radius 3 is 2.74 bits per heavy atom. The molecule has 1 saturated heterocycles. The fraction of sp³-hybridized carbons (Fsp3) is 0.389. The molecule has 1 aliphatic rings. The monoisotopic (exact) mass is 380 g/mol. The van der Waals surface area contributed by atoms with Crippen molar-refractivity contribution in [2.24, 2.45) is 0 Å². The molecular formula is C18H19F3N4O2. The smallest absolute Gasteiger partial charge is 0.416 e. The summed E-state index contributed by atoms with van der Waals surface area (Å²) in [6, 6.07) is 4.38. The number of aromatic nitrogens is 2. The summed E-state index contributed by atoms with van der Waals surface area (Å²) < 4.78 is 43.6. The summed E-state index contributed by atoms with van der Waals surface area (Å²) in [5.41, 5.74) is -0.322. The number of benzene rings is 1. The molecule has 3 rings (SSSR count). The summed E-state index contributed by atoms with van der Waals surface area (Å²) in [5.74, 6) is 0.432. The van der Waals surface area contributed by atoms with Gasteiger partial charge < -0.3 is 14.6 Å². The van der Waals surface area contributed by atoms with E-state index in [1.807, 2.05) is 0 Å². The van der Waals surface area contributed by atoms with Crippen LogP contribution in [0.2, 0.25) is 0 Å². The van der Waals surface area contributed by atoms with E-state index in [2.05, 4.69) is 22.1 Å². The highest BCUT2D eigenvalue weighted by molar-refractivity contribution is 5.74. The third-order valence-electron chi connectivity index (χ3n) is 4.36. The average molecular weight is 380 g/mol. The lowest BCUT2D eigenvalue weighted by molar-refractivity contribution is -0.137. The van der Waals surface area contributed by atoms with Gasteiger partial charge in [-0.1, -0.05) is 6.08 Å². The zero-order valence-electron chi connectivity index (χ0n) is 14.5. The summed E-state index contributed by atoms with van der Waals surface area (Å²) >= 11 is 0. The second kappa shape index (κ2) is 7.81. The lowest BCUT2D eigenvalue weighted by atomic mass is 9.98. The van der Waals surface area contributed by atoms with Crippen LogP contribution in [-0.2, 0) is 6.18 Å². The van der Waals surface area contributed by atoms with E-state index < -0.39 is 11.7 Å². The fourth-order valence-electron chi connectivity index (χ4n) is 2.95. The first-order valence-electron chi connectivity index (χ1n) is 8.53. The van der Waals surface area contributed by atoms with Gasteiger partial charge in [0.25, 0.3) is 0 Å². The van der Waals surface area contributed by atoms with Crippen molar-refractivity contribution < 1.29 is 22.4 Å². The van der Waals surface area contributed by atoms with E-state index in [0.717, 1.165) is 25.0 Å². The van der Waals surface area contributed by atoms with Gasteiger partial charge in [0, 0.05) is 25.2 Å². The Hall–Kier alpha value is -2.84. The van der Waals surface area contributed by atoms with Crippen molar-refractivity contribution in [2.45, 2.75) is 24.9 Å². The van der Waals surface area contributed by atoms with Crippen molar-refractivity contribution in [3.8, 4) is 11.5 Å². The first-order valence-corrected chi connectivity index (χ1v) is 8.53. The Labute approximate surface area is 154 Å². The number of urea groups is 1. The van der Waals surface area contributed by atoms with Crippen molar-refractivity contribution in [3.63, 3.8) is 0 Å². The van der Waals surface area contributed by atoms with Gasteiger partial charge in [-0.05, 0) is 37.1 Å². The SMILES string of the molecule is C=CCNC(=O)N1CCCC(c2nnc(-c3ccc(C(F)(F)F)cc3)o2)C1. The van der Waals surface area contributed by atoms with E-state index in [9.17, 15) is 18.0 Å². The normalized spacial score (nSPS) is 17.6. The molecule has 0 aliphatic carbocycles. The van der Waals surface area contributed by atoms with Crippen LogP contribution in [0.25, 0.3) is 11.5 Å². The van der Waals surface area contributed by atoms with Crippen LogP contribution < -0.4 is 5.32 Å². The molecule has 1 N–H and O–H groups in total. The number of nitrogens with one attached hydrogen (secondary N) is 1. The number of piperidine rings is 1. The number of amides is 2. The van der Waals surface area contributed by atoms with E-state index in [1.54, 1.807) is 11.0 Å². The Kier molecular flexibility index (Phi) is 5.48. The molecule has 0 bridgehead atoms. The molecule has 27 heavy (non-hydrogen) atoms. The standard InChI is InChI=1S/C18H19F3N4O2/c1-2-9-22-17(26)25-10-3-4-13(11-25)16-24-23-15(27-16)12-5-7-14(8-6-12)18(19,20)21/h2,5-8,13H,1,3-4,9-11H2,(H,22,26). The topological polar surface area (TPSA) is 71.3 Å². The number of carbonyl (C=O) groups is 1. The number of halogens is 3. The molecule has 144 valence electrons. The minimum Gasteiger partial charge on any atom is -0.420 e. The fourth-order valence-corrected chi connectivity index (χ4v) is 2.95. The highest BCUT2D eigenvalue weighted by atomic mass is 19.4. The number of carbonyl (C=O) groups excluding carboxylic acids is 1. The number of alkyl halides is 3. The molecule has 1 aromatic heterocycles. The van der Waals surface area contributed by atoms with Crippen molar-refractivity contribution in [3.05, 3.63) is 48.4 Å². The predicted molar refractivity (Wildman–Crippen MR) is 91.9 cm³/mol. The van der Waals surface area contributed by atoms with Crippen LogP contribution in [0.1, 0.15) is 30.2 Å². The number of rotatable bonds is 4. The number of hydrogen-bond acceptors (Lipinski definition) is 4. The Bertz CT molecular complexity index is 802. The molecule has 0 spiro atoms. The van der Waals surface area contributed by atoms with E-state index in [0.29, 0.717) is 31.1 Å². The Balaban J connectivity index is 1.70. The van der Waals surface area contributed by atoms with Crippen LogP contribution >= 0.6 is 0 Å². The molecule has 6 nitrogen and oxygen atoms in total. The van der Waals surface area contributed by atoms with E-state index >= 15 is 0 Å². The van der Waals surface area contributed by atoms with Crippen LogP contribution in [0.3, 0.4) is 0 Å². The molecule has 2 amide bonds. The van der Waals surface area contributed by atoms with Gasteiger partial charge in [-0.25, -0.2) is 4.79 Å². The van der Waals surface area contributed by atoms with Crippen LogP contribution in [0, 0.1) is 0 Å². The van der Waals surface area contributed by atoms with Crippen molar-refractivity contribution in [2.75, 3.05) is 19.6 Å². The molecule has 1 aromatic carbocycles. The lowest BCUT2D eigenvalue weighted by Crippen LogP contribution is -2.45. The molecule has 2 heterocycles. The number of hydrogen-bond donors (Lipinski definition) is 1. The minimum absolute atomic E-state index is 0.107. The highest BCUT2D eigenvalue weighted by Crippen LogP contribution is 2.32. The molecule has 2 aromatic rings. The van der Waals surface area contributed by atoms with Crippen LogP contribution in [0.15, 0.2) is 41.3 Å². The summed E-state index contributed by atoms with van der Waals surface area (Å²) in [5, 5.41) is 10.7. The van der Waals surface area contributed by atoms with E-state index in [-0.39, 0.29) is 17.8 Å². The molecule has 1 aliphatic heterocycles. The molecule has 9 heteroatoms. The molecule has 0 radical (unpaired) electrons. The van der Waals surface area contributed by atoms with Gasteiger partial charge in [-0.15, -0.1) is 16.8 Å². The number of nitrogens with zero attached hydrogens (tertiary/aromatic N) is 3. The Morgan fingerprint density at radius 1 is 1.33 bits per heavy atom. The van der Waals surface area contributed by atoms with Crippen LogP contribution in [0.5, 0.6) is 0 Å². The van der Waals surface area contributed by atoms with Gasteiger partial charge in [0.15, 0.2) is 0 Å². The molecule has 1 atom stereocenters. The largest absolute Gasteiger partial charge is 0.420 e. The summed E-state index contributed by atoms with van der Waals surface area (Å²) in [6.45, 7) is 5.03. The lowest BCUT2D eigenvalue weighted by Gasteiger charge is -2.30. The third-order valence-corrected chi connectivity index (χ3v) is 4.36. The summed E-state index contributed by atoms with van der Waals surface area (Å²) in [7, 11) is 0. The van der Waals surface area contributed by atoms with Gasteiger partial charge in [-0.2, -0.15) is 13.2 Å². The van der Waals surface area contributed by atoms with Gasteiger partial charge in [0.2, 0.25) is 11.8 Å². The second-order valence-corrected chi connectivity index (χ2v) is 6.28. The Morgan fingerprint density at radius 2 is 2.07 bits per heavy atom. The van der Waals surface area contributed by atoms with E-state index in [4.69, 9.17) is 4.42 Å². The van der Waals surface area contributed by atoms with Gasteiger partial charge >= 0.3 is 12.2 Å². The zero-order valence-corrected chi connectivity index (χ0v) is 14.5. The third kappa shape index (κ3) is 4.47. The van der Waals surface area contributed by atoms with Gasteiger partial charge in [-0.3, -0.25) is 0 Å². The number of likely N-dealkylation sites (tertiary alicyclic amines) is 1.